The quantitative estimate of drug-likeness (QED) is 0.156. The fourth-order valence-electron chi connectivity index (χ4n) is 3.81. The average Bonchev–Trinajstić information content (AvgIpc) is 2.89. The van der Waals surface area contributed by atoms with Gasteiger partial charge in [-0.2, -0.15) is 34.0 Å². The highest BCUT2D eigenvalue weighted by atomic mass is 32.2. The number of hydrogen-bond acceptors (Lipinski definition) is 7. The van der Waals surface area contributed by atoms with Crippen LogP contribution in [0, 0.1) is 0 Å². The Balaban J connectivity index is 2.52. The first-order chi connectivity index (χ1) is 15.6. The zero-order valence-corrected chi connectivity index (χ0v) is 21.7. The molecular formula is C20H30N3O8S3+. The first kappa shape index (κ1) is 28.2. The van der Waals surface area contributed by atoms with E-state index in [4.69, 9.17) is 9.11 Å². The van der Waals surface area contributed by atoms with Gasteiger partial charge in [0, 0.05) is 38.1 Å². The van der Waals surface area contributed by atoms with Crippen LogP contribution >= 0.6 is 12.6 Å². The number of nitrogens with one attached hydrogen (secondary N) is 2. The lowest BCUT2D eigenvalue weighted by Crippen LogP contribution is -2.33. The molecular weight excluding hydrogens is 506 g/mol. The van der Waals surface area contributed by atoms with Crippen LogP contribution < -0.4 is 10.6 Å². The Kier molecular flexibility index (Phi) is 8.91. The van der Waals surface area contributed by atoms with Gasteiger partial charge in [0.05, 0.1) is 28.0 Å². The highest BCUT2D eigenvalue weighted by Crippen LogP contribution is 2.42. The number of benzene rings is 1. The van der Waals surface area contributed by atoms with Gasteiger partial charge in [-0.25, -0.2) is 0 Å². The third-order valence-corrected chi connectivity index (χ3v) is 7.44. The van der Waals surface area contributed by atoms with Crippen molar-refractivity contribution in [2.24, 2.45) is 0 Å². The van der Waals surface area contributed by atoms with Crippen LogP contribution in [0.25, 0.3) is 0 Å². The Morgan fingerprint density at radius 1 is 1.00 bits per heavy atom. The molecule has 4 N–H and O–H groups in total. The second-order valence-corrected chi connectivity index (χ2v) is 12.0. The Hall–Kier alpha value is -2.00. The summed E-state index contributed by atoms with van der Waals surface area (Å²) < 4.78 is 63.7. The molecule has 1 heterocycles. The molecule has 0 radical (unpaired) electrons. The van der Waals surface area contributed by atoms with E-state index in [1.807, 2.05) is 25.3 Å². The average molecular weight is 537 g/mol. The topological polar surface area (TPSA) is 170 Å². The van der Waals surface area contributed by atoms with Crippen LogP contribution in [0.2, 0.25) is 0 Å². The number of carbonyl (C=O) groups is 2. The van der Waals surface area contributed by atoms with Gasteiger partial charge in [-0.3, -0.25) is 18.7 Å². The number of hydrogen-bond donors (Lipinski definition) is 5. The summed E-state index contributed by atoms with van der Waals surface area (Å²) in [5, 5.41) is 4.87. The van der Waals surface area contributed by atoms with Gasteiger partial charge in [-0.15, -0.1) is 0 Å². The van der Waals surface area contributed by atoms with Crippen molar-refractivity contribution in [3.8, 4) is 0 Å². The number of carbonyl (C=O) groups excluding carboxylic acids is 2. The minimum atomic E-state index is -4.28. The van der Waals surface area contributed by atoms with E-state index in [9.17, 15) is 26.4 Å². The molecule has 0 aliphatic carbocycles. The molecule has 190 valence electrons. The van der Waals surface area contributed by atoms with E-state index in [1.54, 1.807) is 6.07 Å². The van der Waals surface area contributed by atoms with E-state index >= 15 is 0 Å². The summed E-state index contributed by atoms with van der Waals surface area (Å²) in [6, 6.07) is 2.98. The molecule has 1 aromatic carbocycles. The highest BCUT2D eigenvalue weighted by molar-refractivity contribution is 7.86. The van der Waals surface area contributed by atoms with E-state index in [1.165, 1.54) is 6.07 Å². The van der Waals surface area contributed by atoms with Crippen molar-refractivity contribution >= 4 is 56.1 Å². The fourth-order valence-corrected chi connectivity index (χ4v) is 4.67. The lowest BCUT2D eigenvalue weighted by Gasteiger charge is -2.19. The van der Waals surface area contributed by atoms with Crippen LogP contribution in [0.15, 0.2) is 12.1 Å². The number of nitrogens with zero attached hydrogens (tertiary/aromatic N) is 1. The maximum Gasteiger partial charge on any atom is 0.266 e. The first-order valence-electron chi connectivity index (χ1n) is 10.5. The van der Waals surface area contributed by atoms with Gasteiger partial charge in [0.1, 0.15) is 6.54 Å². The molecule has 1 aliphatic rings. The lowest BCUT2D eigenvalue weighted by atomic mass is 9.79. The molecule has 2 amide bonds. The molecule has 0 saturated heterocycles. The maximum absolute atomic E-state index is 13.1. The van der Waals surface area contributed by atoms with E-state index < -0.39 is 49.0 Å². The molecule has 34 heavy (non-hydrogen) atoms. The Labute approximate surface area is 204 Å². The molecule has 0 bridgehead atoms. The maximum atomic E-state index is 13.1. The van der Waals surface area contributed by atoms with Crippen molar-refractivity contribution in [3.05, 3.63) is 28.8 Å². The fraction of sp³-hybridized carbons (Fsp3) is 0.550. The van der Waals surface area contributed by atoms with Crippen LogP contribution in [0.3, 0.4) is 0 Å². The predicted molar refractivity (Wildman–Crippen MR) is 131 cm³/mol. The van der Waals surface area contributed by atoms with Crippen molar-refractivity contribution < 1.29 is 40.1 Å². The molecule has 2 rings (SSSR count). The lowest BCUT2D eigenvalue weighted by molar-refractivity contribution is -0.438. The van der Waals surface area contributed by atoms with Crippen LogP contribution in [-0.2, 0) is 25.7 Å². The third-order valence-electron chi connectivity index (χ3n) is 5.68. The monoisotopic (exact) mass is 536 g/mol. The summed E-state index contributed by atoms with van der Waals surface area (Å²) in [6.45, 7) is 5.72. The summed E-state index contributed by atoms with van der Waals surface area (Å²) in [4.78, 5) is 25.8. The SMILES string of the molecule is CC1=[N+](CCCS)c2cc(C(=O)NCCS(=O)(=O)O)cc(C(=O)NCCS(=O)(=O)O)c2C1(C)C. The molecule has 1 aliphatic heterocycles. The molecule has 0 atom stereocenters. The molecule has 1 aromatic rings. The second kappa shape index (κ2) is 10.7. The van der Waals surface area contributed by atoms with Gasteiger partial charge in [-0.1, -0.05) is 0 Å². The van der Waals surface area contributed by atoms with Crippen molar-refractivity contribution in [3.63, 3.8) is 0 Å². The summed E-state index contributed by atoms with van der Waals surface area (Å²) in [5.74, 6) is -1.97. The van der Waals surface area contributed by atoms with Gasteiger partial charge >= 0.3 is 0 Å². The zero-order chi connectivity index (χ0) is 25.9. The molecule has 0 saturated carbocycles. The Morgan fingerprint density at radius 3 is 2.03 bits per heavy atom. The standard InChI is InChI=1S/C20H29N3O8S3/c1-13-20(2,3)17-15(19(25)22-6-10-34(29,30)31)11-14(12-16(17)23(13)7-4-8-32)18(24)21-5-9-33(26,27)28/h11-12H,4-10H2,1-3H3,(H4-,21,22,24,25,26,27,28,29,30,31,32)/p+1. The van der Waals surface area contributed by atoms with E-state index in [2.05, 4.69) is 23.3 Å². The molecule has 0 unspecified atom stereocenters. The highest BCUT2D eigenvalue weighted by Gasteiger charge is 2.46. The Bertz CT molecular complexity index is 1220. The smallest absolute Gasteiger partial charge is 0.266 e. The van der Waals surface area contributed by atoms with Crippen molar-refractivity contribution in [2.45, 2.75) is 32.6 Å². The van der Waals surface area contributed by atoms with Gasteiger partial charge in [0.2, 0.25) is 5.69 Å². The van der Waals surface area contributed by atoms with Crippen LogP contribution in [0.1, 0.15) is 53.5 Å². The zero-order valence-electron chi connectivity index (χ0n) is 19.2. The largest absolute Gasteiger partial charge is 0.351 e. The summed E-state index contributed by atoms with van der Waals surface area (Å²) in [6.07, 6.45) is 0.733. The van der Waals surface area contributed by atoms with E-state index in [-0.39, 0.29) is 24.2 Å². The van der Waals surface area contributed by atoms with Gasteiger partial charge in [0.15, 0.2) is 5.71 Å². The van der Waals surface area contributed by atoms with Crippen LogP contribution in [-0.4, -0.2) is 84.9 Å². The first-order valence-corrected chi connectivity index (χ1v) is 14.3. The number of fused-ring (bicyclic) bond motifs is 1. The minimum Gasteiger partial charge on any atom is -0.351 e. The summed E-state index contributed by atoms with van der Waals surface area (Å²) in [7, 11) is -8.54. The number of amides is 2. The molecule has 14 heteroatoms. The molecule has 0 aromatic heterocycles. The van der Waals surface area contributed by atoms with Gasteiger partial charge < -0.3 is 10.6 Å². The van der Waals surface area contributed by atoms with Crippen molar-refractivity contribution in [1.29, 1.82) is 0 Å². The normalized spacial score (nSPS) is 15.2. The summed E-state index contributed by atoms with van der Waals surface area (Å²) in [5.41, 5.74) is 1.90. The predicted octanol–water partition coefficient (Wildman–Crippen LogP) is 0.638. The molecule has 0 fully saturated rings. The van der Waals surface area contributed by atoms with Crippen molar-refractivity contribution in [2.75, 3.05) is 36.9 Å². The van der Waals surface area contributed by atoms with Gasteiger partial charge in [-0.05, 0) is 25.7 Å². The second-order valence-electron chi connectivity index (χ2n) is 8.44. The number of rotatable bonds is 11. The minimum absolute atomic E-state index is 0.0930. The summed E-state index contributed by atoms with van der Waals surface area (Å²) >= 11 is 4.26. The Morgan fingerprint density at radius 2 is 1.53 bits per heavy atom. The molecule has 11 nitrogen and oxygen atoms in total. The van der Waals surface area contributed by atoms with Gasteiger partial charge in [0.25, 0.3) is 32.1 Å². The third kappa shape index (κ3) is 7.01. The van der Waals surface area contributed by atoms with Crippen LogP contribution in [0.4, 0.5) is 5.69 Å². The van der Waals surface area contributed by atoms with Crippen molar-refractivity contribution in [1.82, 2.24) is 10.6 Å². The van der Waals surface area contributed by atoms with E-state index in [0.29, 0.717) is 23.5 Å². The van der Waals surface area contributed by atoms with E-state index in [0.717, 1.165) is 12.1 Å². The molecule has 0 spiro atoms. The number of thiol groups is 1. The van der Waals surface area contributed by atoms with Crippen LogP contribution in [0.5, 0.6) is 0 Å².